The van der Waals surface area contributed by atoms with Gasteiger partial charge in [-0.25, -0.2) is 0 Å². The molecule has 0 saturated carbocycles. The molecule has 2 fully saturated rings. The van der Waals surface area contributed by atoms with E-state index in [2.05, 4.69) is 13.8 Å². The van der Waals surface area contributed by atoms with Crippen LogP contribution in [0.1, 0.15) is 110 Å². The lowest BCUT2D eigenvalue weighted by molar-refractivity contribution is 0.387. The molecule has 2 heterocycles. The third-order valence-electron chi connectivity index (χ3n) is 4.81. The zero-order valence-corrected chi connectivity index (χ0v) is 16.0. The molecule has 138 valence electrons. The molecule has 2 heteroatoms. The molecule has 0 aromatic carbocycles. The first-order valence-electron chi connectivity index (χ1n) is 10.6. The van der Waals surface area contributed by atoms with Gasteiger partial charge in [0, 0.05) is 0 Å². The Labute approximate surface area is 145 Å². The maximum absolute atomic E-state index is 5.15. The van der Waals surface area contributed by atoms with E-state index in [1.165, 1.54) is 96.3 Å². The van der Waals surface area contributed by atoms with Crippen molar-refractivity contribution in [1.29, 1.82) is 0 Å². The van der Waals surface area contributed by atoms with Crippen molar-refractivity contribution in [2.75, 3.05) is 13.2 Å². The Morgan fingerprint density at radius 3 is 1.13 bits per heavy atom. The van der Waals surface area contributed by atoms with Crippen molar-refractivity contribution in [3.05, 3.63) is 0 Å². The SMILES string of the molecule is CCCCCCCCC1CO1.CCCCCCCCCC1CO1. The van der Waals surface area contributed by atoms with E-state index in [4.69, 9.17) is 9.47 Å². The summed E-state index contributed by atoms with van der Waals surface area (Å²) in [6.45, 7) is 6.60. The Balaban J connectivity index is 0.000000231. The molecule has 0 bridgehead atoms. The van der Waals surface area contributed by atoms with Gasteiger partial charge in [-0.3, -0.25) is 0 Å². The monoisotopic (exact) mass is 326 g/mol. The van der Waals surface area contributed by atoms with Gasteiger partial charge in [-0.05, 0) is 12.8 Å². The first kappa shape index (κ1) is 21.0. The minimum absolute atomic E-state index is 0.653. The average Bonchev–Trinajstić information content (AvgIpc) is 3.45. The van der Waals surface area contributed by atoms with Crippen molar-refractivity contribution in [2.24, 2.45) is 0 Å². The lowest BCUT2D eigenvalue weighted by Crippen LogP contribution is -1.85. The number of hydrogen-bond donors (Lipinski definition) is 0. The van der Waals surface area contributed by atoms with Gasteiger partial charge in [0.1, 0.15) is 0 Å². The molecule has 2 nitrogen and oxygen atoms in total. The Morgan fingerprint density at radius 1 is 0.522 bits per heavy atom. The summed E-state index contributed by atoms with van der Waals surface area (Å²) in [7, 11) is 0. The van der Waals surface area contributed by atoms with Crippen LogP contribution in [-0.4, -0.2) is 25.4 Å². The fourth-order valence-electron chi connectivity index (χ4n) is 2.95. The summed E-state index contributed by atoms with van der Waals surface area (Å²) in [5.41, 5.74) is 0. The second-order valence-corrected chi connectivity index (χ2v) is 7.38. The molecule has 2 rings (SSSR count). The number of unbranched alkanes of at least 4 members (excludes halogenated alkanes) is 11. The zero-order chi connectivity index (χ0) is 16.6. The molecular formula is C21H42O2. The molecule has 23 heavy (non-hydrogen) atoms. The van der Waals surface area contributed by atoms with E-state index in [1.807, 2.05) is 0 Å². The molecule has 0 radical (unpaired) electrons. The smallest absolute Gasteiger partial charge is 0.0810 e. The molecular weight excluding hydrogens is 284 g/mol. The third kappa shape index (κ3) is 16.6. The summed E-state index contributed by atoms with van der Waals surface area (Å²) in [5.74, 6) is 0. The van der Waals surface area contributed by atoms with Gasteiger partial charge in [-0.2, -0.15) is 0 Å². The topological polar surface area (TPSA) is 25.1 Å². The van der Waals surface area contributed by atoms with E-state index in [9.17, 15) is 0 Å². The summed E-state index contributed by atoms with van der Waals surface area (Å²) in [6, 6.07) is 0. The Morgan fingerprint density at radius 2 is 0.826 bits per heavy atom. The van der Waals surface area contributed by atoms with Gasteiger partial charge in [0.2, 0.25) is 0 Å². The molecule has 0 amide bonds. The van der Waals surface area contributed by atoms with Crippen LogP contribution in [0.15, 0.2) is 0 Å². The minimum atomic E-state index is 0.653. The first-order chi connectivity index (χ1) is 11.4. The Kier molecular flexibility index (Phi) is 14.1. The van der Waals surface area contributed by atoms with Crippen LogP contribution in [0.4, 0.5) is 0 Å². The quantitative estimate of drug-likeness (QED) is 0.248. The highest BCUT2D eigenvalue weighted by Gasteiger charge is 2.21. The molecule has 0 aromatic heterocycles. The number of ether oxygens (including phenoxy) is 2. The zero-order valence-electron chi connectivity index (χ0n) is 16.0. The largest absolute Gasteiger partial charge is 0.373 e. The number of epoxide rings is 2. The van der Waals surface area contributed by atoms with Gasteiger partial charge < -0.3 is 9.47 Å². The molecule has 2 aliphatic heterocycles. The van der Waals surface area contributed by atoms with Crippen LogP contribution in [0.25, 0.3) is 0 Å². The van der Waals surface area contributed by atoms with Crippen LogP contribution < -0.4 is 0 Å². The van der Waals surface area contributed by atoms with Crippen LogP contribution in [0.5, 0.6) is 0 Å². The van der Waals surface area contributed by atoms with E-state index < -0.39 is 0 Å². The highest BCUT2D eigenvalue weighted by molar-refractivity contribution is 4.68. The molecule has 2 saturated heterocycles. The van der Waals surface area contributed by atoms with Gasteiger partial charge in [-0.15, -0.1) is 0 Å². The van der Waals surface area contributed by atoms with Gasteiger partial charge in [0.25, 0.3) is 0 Å². The first-order valence-corrected chi connectivity index (χ1v) is 10.6. The molecule has 2 aliphatic rings. The molecule has 2 atom stereocenters. The van der Waals surface area contributed by atoms with Crippen LogP contribution in [-0.2, 0) is 9.47 Å². The summed E-state index contributed by atoms with van der Waals surface area (Å²) in [4.78, 5) is 0. The van der Waals surface area contributed by atoms with E-state index in [0.717, 1.165) is 13.2 Å². The summed E-state index contributed by atoms with van der Waals surface area (Å²) < 4.78 is 10.3. The van der Waals surface area contributed by atoms with Gasteiger partial charge >= 0.3 is 0 Å². The van der Waals surface area contributed by atoms with E-state index in [0.29, 0.717) is 12.2 Å². The summed E-state index contributed by atoms with van der Waals surface area (Å²) in [6.07, 6.45) is 22.3. The van der Waals surface area contributed by atoms with Crippen LogP contribution >= 0.6 is 0 Å². The van der Waals surface area contributed by atoms with Gasteiger partial charge in [0.05, 0.1) is 25.4 Å². The molecule has 0 aromatic rings. The number of rotatable bonds is 15. The van der Waals surface area contributed by atoms with Crippen molar-refractivity contribution < 1.29 is 9.47 Å². The lowest BCUT2D eigenvalue weighted by Gasteiger charge is -1.98. The molecule has 2 unspecified atom stereocenters. The second kappa shape index (κ2) is 15.4. The number of hydrogen-bond acceptors (Lipinski definition) is 2. The van der Waals surface area contributed by atoms with Crippen molar-refractivity contribution in [3.8, 4) is 0 Å². The van der Waals surface area contributed by atoms with Gasteiger partial charge in [-0.1, -0.05) is 97.3 Å². The van der Waals surface area contributed by atoms with E-state index in [1.54, 1.807) is 0 Å². The highest BCUT2D eigenvalue weighted by Crippen LogP contribution is 2.18. The van der Waals surface area contributed by atoms with Crippen LogP contribution in [0.2, 0.25) is 0 Å². The van der Waals surface area contributed by atoms with Crippen LogP contribution in [0.3, 0.4) is 0 Å². The fraction of sp³-hybridized carbons (Fsp3) is 1.00. The fourth-order valence-corrected chi connectivity index (χ4v) is 2.95. The van der Waals surface area contributed by atoms with E-state index >= 15 is 0 Å². The minimum Gasteiger partial charge on any atom is -0.373 e. The molecule has 0 N–H and O–H groups in total. The van der Waals surface area contributed by atoms with Crippen molar-refractivity contribution in [1.82, 2.24) is 0 Å². The van der Waals surface area contributed by atoms with Crippen molar-refractivity contribution >= 4 is 0 Å². The molecule has 0 spiro atoms. The summed E-state index contributed by atoms with van der Waals surface area (Å²) >= 11 is 0. The Hall–Kier alpha value is -0.0800. The average molecular weight is 327 g/mol. The summed E-state index contributed by atoms with van der Waals surface area (Å²) in [5, 5.41) is 0. The maximum atomic E-state index is 5.15. The predicted octanol–water partition coefficient (Wildman–Crippen LogP) is 6.66. The molecule has 0 aliphatic carbocycles. The normalized spacial score (nSPS) is 21.7. The second-order valence-electron chi connectivity index (χ2n) is 7.38. The third-order valence-corrected chi connectivity index (χ3v) is 4.81. The standard InChI is InChI=1S/C11H22O.C10H20O/c1-2-3-4-5-6-7-8-9-11-10-12-11;1-2-3-4-5-6-7-8-10-9-11-10/h11H,2-10H2,1H3;10H,2-9H2,1H3. The maximum Gasteiger partial charge on any atom is 0.0810 e. The van der Waals surface area contributed by atoms with Gasteiger partial charge in [0.15, 0.2) is 0 Å². The Bertz CT molecular complexity index is 234. The van der Waals surface area contributed by atoms with Crippen LogP contribution in [0, 0.1) is 0 Å². The predicted molar refractivity (Wildman–Crippen MR) is 100 cm³/mol. The highest BCUT2D eigenvalue weighted by atomic mass is 16.6. The van der Waals surface area contributed by atoms with Crippen molar-refractivity contribution in [3.63, 3.8) is 0 Å². The van der Waals surface area contributed by atoms with Crippen molar-refractivity contribution in [2.45, 2.75) is 122 Å². The lowest BCUT2D eigenvalue weighted by atomic mass is 10.1. The van der Waals surface area contributed by atoms with E-state index in [-0.39, 0.29) is 0 Å².